The number of amidine groups is 1. The molecule has 1 saturated heterocycles. The molecule has 0 bridgehead atoms. The van der Waals surface area contributed by atoms with Gasteiger partial charge in [-0.05, 0) is 48.2 Å². The van der Waals surface area contributed by atoms with E-state index >= 15 is 0 Å². The Bertz CT molecular complexity index is 726. The third-order valence-electron chi connectivity index (χ3n) is 3.69. The van der Waals surface area contributed by atoms with Crippen LogP contribution in [0.15, 0.2) is 58.0 Å². The molecule has 0 radical (unpaired) electrons. The highest BCUT2D eigenvalue weighted by Gasteiger charge is 2.30. The summed E-state index contributed by atoms with van der Waals surface area (Å²) in [4.78, 5) is 16.6. The summed E-state index contributed by atoms with van der Waals surface area (Å²) in [6, 6.07) is 16.2. The van der Waals surface area contributed by atoms with Gasteiger partial charge in [0.2, 0.25) is 5.91 Å². The number of halogens is 1. The number of aliphatic imine (C=N–C) groups is 1. The summed E-state index contributed by atoms with van der Waals surface area (Å²) in [5.41, 5.74) is 3.33. The number of hydrogen-bond donors (Lipinski definition) is 1. The Labute approximate surface area is 148 Å². The van der Waals surface area contributed by atoms with Crippen molar-refractivity contribution >= 4 is 44.5 Å². The lowest BCUT2D eigenvalue weighted by atomic mass is 10.1. The van der Waals surface area contributed by atoms with Crippen LogP contribution in [0.5, 0.6) is 0 Å². The minimum atomic E-state index is -0.114. The number of carbonyl (C=O) groups is 1. The molecule has 1 atom stereocenters. The van der Waals surface area contributed by atoms with Gasteiger partial charge in [0.05, 0.1) is 10.9 Å². The molecule has 1 N–H and O–H groups in total. The minimum Gasteiger partial charge on any atom is -0.304 e. The van der Waals surface area contributed by atoms with E-state index < -0.39 is 0 Å². The third kappa shape index (κ3) is 4.24. The summed E-state index contributed by atoms with van der Waals surface area (Å²) in [6.07, 6.45) is 1.75. The van der Waals surface area contributed by atoms with Crippen molar-refractivity contribution in [3.63, 3.8) is 0 Å². The molecule has 0 aromatic heterocycles. The molecule has 1 unspecified atom stereocenters. The second-order valence-electron chi connectivity index (χ2n) is 5.36. The zero-order chi connectivity index (χ0) is 16.2. The summed E-state index contributed by atoms with van der Waals surface area (Å²) >= 11 is 4.90. The Morgan fingerprint density at radius 2 is 1.74 bits per heavy atom. The van der Waals surface area contributed by atoms with Gasteiger partial charge in [-0.1, -0.05) is 58.9 Å². The molecule has 0 saturated carbocycles. The second kappa shape index (κ2) is 7.32. The monoisotopic (exact) mass is 388 g/mol. The second-order valence-corrected chi connectivity index (χ2v) is 7.47. The first-order valence-electron chi connectivity index (χ1n) is 7.53. The van der Waals surface area contributed by atoms with E-state index in [1.807, 2.05) is 24.3 Å². The lowest BCUT2D eigenvalue weighted by Crippen LogP contribution is -2.25. The summed E-state index contributed by atoms with van der Waals surface area (Å²) in [6.45, 7) is 2.14. The Kier molecular flexibility index (Phi) is 5.18. The van der Waals surface area contributed by atoms with Gasteiger partial charge in [0.15, 0.2) is 5.17 Å². The van der Waals surface area contributed by atoms with Crippen molar-refractivity contribution in [2.24, 2.45) is 4.99 Å². The third-order valence-corrected chi connectivity index (χ3v) is 5.30. The average molecular weight is 389 g/mol. The molecule has 118 valence electrons. The van der Waals surface area contributed by atoms with E-state index in [0.29, 0.717) is 5.17 Å². The summed E-state index contributed by atoms with van der Waals surface area (Å²) in [5, 5.41) is 3.43. The van der Waals surface area contributed by atoms with Crippen LogP contribution in [0.4, 0.5) is 5.69 Å². The van der Waals surface area contributed by atoms with Crippen LogP contribution in [0.2, 0.25) is 0 Å². The van der Waals surface area contributed by atoms with Crippen molar-refractivity contribution in [3.05, 3.63) is 64.1 Å². The predicted octanol–water partition coefficient (Wildman–Crippen LogP) is 4.47. The van der Waals surface area contributed by atoms with Crippen LogP contribution in [-0.2, 0) is 17.6 Å². The van der Waals surface area contributed by atoms with E-state index in [1.165, 1.54) is 22.9 Å². The van der Waals surface area contributed by atoms with Crippen LogP contribution in [0.3, 0.4) is 0 Å². The van der Waals surface area contributed by atoms with Crippen molar-refractivity contribution in [2.75, 3.05) is 0 Å². The summed E-state index contributed by atoms with van der Waals surface area (Å²) in [7, 11) is 0. The number of benzene rings is 2. The SMILES string of the molecule is CCc1ccc(CC2SC(=Nc3ccc(Br)cc3)NC2=O)cc1. The fourth-order valence-electron chi connectivity index (χ4n) is 2.35. The molecule has 1 amide bonds. The van der Waals surface area contributed by atoms with Gasteiger partial charge in [-0.2, -0.15) is 0 Å². The molecule has 3 rings (SSSR count). The van der Waals surface area contributed by atoms with Gasteiger partial charge in [0.1, 0.15) is 0 Å². The highest BCUT2D eigenvalue weighted by Crippen LogP contribution is 2.26. The van der Waals surface area contributed by atoms with Gasteiger partial charge in [-0.15, -0.1) is 0 Å². The van der Waals surface area contributed by atoms with Crippen LogP contribution in [0, 0.1) is 0 Å². The molecule has 3 nitrogen and oxygen atoms in total. The zero-order valence-electron chi connectivity index (χ0n) is 12.8. The van der Waals surface area contributed by atoms with E-state index in [9.17, 15) is 4.79 Å². The Morgan fingerprint density at radius 3 is 2.39 bits per heavy atom. The molecular formula is C18H17BrN2OS. The zero-order valence-corrected chi connectivity index (χ0v) is 15.2. The van der Waals surface area contributed by atoms with Crippen molar-refractivity contribution in [3.8, 4) is 0 Å². The summed E-state index contributed by atoms with van der Waals surface area (Å²) < 4.78 is 1.01. The fourth-order valence-corrected chi connectivity index (χ4v) is 3.64. The molecule has 2 aromatic carbocycles. The normalized spacial score (nSPS) is 19.1. The average Bonchev–Trinajstić information content (AvgIpc) is 2.90. The van der Waals surface area contributed by atoms with E-state index in [-0.39, 0.29) is 11.2 Å². The van der Waals surface area contributed by atoms with Crippen LogP contribution in [0.1, 0.15) is 18.1 Å². The highest BCUT2D eigenvalue weighted by molar-refractivity contribution is 9.10. The minimum absolute atomic E-state index is 0.0328. The Hall–Kier alpha value is -1.59. The number of rotatable bonds is 4. The van der Waals surface area contributed by atoms with Crippen LogP contribution >= 0.6 is 27.7 Å². The lowest BCUT2D eigenvalue weighted by Gasteiger charge is -2.06. The van der Waals surface area contributed by atoms with Crippen LogP contribution in [-0.4, -0.2) is 16.3 Å². The van der Waals surface area contributed by atoms with Crippen molar-refractivity contribution in [1.29, 1.82) is 0 Å². The molecule has 2 aromatic rings. The molecule has 5 heteroatoms. The van der Waals surface area contributed by atoms with E-state index in [2.05, 4.69) is 57.4 Å². The predicted molar refractivity (Wildman–Crippen MR) is 100 cm³/mol. The summed E-state index contributed by atoms with van der Waals surface area (Å²) in [5.74, 6) is 0.0328. The number of nitrogens with one attached hydrogen (secondary N) is 1. The topological polar surface area (TPSA) is 41.5 Å². The van der Waals surface area contributed by atoms with Gasteiger partial charge >= 0.3 is 0 Å². The van der Waals surface area contributed by atoms with Crippen molar-refractivity contribution in [2.45, 2.75) is 25.0 Å². The van der Waals surface area contributed by atoms with Gasteiger partial charge in [0.25, 0.3) is 0 Å². The van der Waals surface area contributed by atoms with Gasteiger partial charge in [0, 0.05) is 4.47 Å². The fraction of sp³-hybridized carbons (Fsp3) is 0.222. The largest absolute Gasteiger partial charge is 0.304 e. The molecule has 1 aliphatic rings. The molecule has 0 spiro atoms. The van der Waals surface area contributed by atoms with Crippen molar-refractivity contribution in [1.82, 2.24) is 5.32 Å². The lowest BCUT2D eigenvalue weighted by molar-refractivity contribution is -0.118. The Morgan fingerprint density at radius 1 is 1.09 bits per heavy atom. The number of amides is 1. The van der Waals surface area contributed by atoms with Crippen LogP contribution < -0.4 is 5.32 Å². The van der Waals surface area contributed by atoms with Gasteiger partial charge < -0.3 is 5.32 Å². The standard InChI is InChI=1S/C18H17BrN2OS/c1-2-12-3-5-13(6-4-12)11-16-17(22)21-18(23-16)20-15-9-7-14(19)8-10-15/h3-10,16H,2,11H2,1H3,(H,20,21,22). The van der Waals surface area contributed by atoms with Gasteiger partial charge in [-0.25, -0.2) is 4.99 Å². The number of aryl methyl sites for hydroxylation is 1. The van der Waals surface area contributed by atoms with E-state index in [4.69, 9.17) is 0 Å². The molecule has 1 aliphatic heterocycles. The number of carbonyl (C=O) groups excluding carboxylic acids is 1. The molecular weight excluding hydrogens is 372 g/mol. The smallest absolute Gasteiger partial charge is 0.239 e. The molecule has 1 fully saturated rings. The maximum atomic E-state index is 12.1. The quantitative estimate of drug-likeness (QED) is 0.838. The number of hydrogen-bond acceptors (Lipinski definition) is 3. The molecule has 1 heterocycles. The highest BCUT2D eigenvalue weighted by atomic mass is 79.9. The number of nitrogens with zero attached hydrogens (tertiary/aromatic N) is 1. The molecule has 23 heavy (non-hydrogen) atoms. The first kappa shape index (κ1) is 16.3. The maximum absolute atomic E-state index is 12.1. The van der Waals surface area contributed by atoms with E-state index in [0.717, 1.165) is 23.0 Å². The Balaban J connectivity index is 1.68. The first-order chi connectivity index (χ1) is 11.1. The van der Waals surface area contributed by atoms with Crippen molar-refractivity contribution < 1.29 is 4.79 Å². The first-order valence-corrected chi connectivity index (χ1v) is 9.21. The maximum Gasteiger partial charge on any atom is 0.239 e. The molecule has 0 aliphatic carbocycles. The van der Waals surface area contributed by atoms with Gasteiger partial charge in [-0.3, -0.25) is 4.79 Å². The van der Waals surface area contributed by atoms with E-state index in [1.54, 1.807) is 0 Å². The van der Waals surface area contributed by atoms with Crippen LogP contribution in [0.25, 0.3) is 0 Å². The number of thioether (sulfide) groups is 1.